The summed E-state index contributed by atoms with van der Waals surface area (Å²) in [4.78, 5) is 15.4. The standard InChI is InChI=1S/C20H22N2O3/c1-3-16-13(2)15-10-14(8-9-17(15)22-16)11-21-20(24)12-25-19-7-5-4-6-18(19)23/h4-10,22-23H,3,11-12H2,1-2H3,(H,21,24). The highest BCUT2D eigenvalue weighted by Gasteiger charge is 2.08. The normalized spacial score (nSPS) is 10.8. The van der Waals surface area contributed by atoms with Crippen LogP contribution in [-0.2, 0) is 17.8 Å². The van der Waals surface area contributed by atoms with Crippen LogP contribution < -0.4 is 10.1 Å². The molecule has 3 aromatic rings. The highest BCUT2D eigenvalue weighted by molar-refractivity contribution is 5.85. The molecule has 0 radical (unpaired) electrons. The van der Waals surface area contributed by atoms with E-state index in [4.69, 9.17) is 4.74 Å². The van der Waals surface area contributed by atoms with Gasteiger partial charge in [0.05, 0.1) is 0 Å². The van der Waals surface area contributed by atoms with Gasteiger partial charge in [-0.25, -0.2) is 0 Å². The molecule has 5 heteroatoms. The van der Waals surface area contributed by atoms with Gasteiger partial charge in [-0.15, -0.1) is 0 Å². The second-order valence-electron chi connectivity index (χ2n) is 6.00. The maximum atomic E-state index is 12.0. The first kappa shape index (κ1) is 16.9. The molecule has 5 nitrogen and oxygen atoms in total. The Morgan fingerprint density at radius 2 is 2.04 bits per heavy atom. The van der Waals surface area contributed by atoms with E-state index in [1.54, 1.807) is 18.2 Å². The SMILES string of the molecule is CCc1[nH]c2ccc(CNC(=O)COc3ccccc3O)cc2c1C. The fraction of sp³-hybridized carbons (Fsp3) is 0.250. The number of hydrogen-bond donors (Lipinski definition) is 3. The highest BCUT2D eigenvalue weighted by Crippen LogP contribution is 2.24. The van der Waals surface area contributed by atoms with Gasteiger partial charge in [0.2, 0.25) is 0 Å². The van der Waals surface area contributed by atoms with Gasteiger partial charge in [0.15, 0.2) is 18.1 Å². The van der Waals surface area contributed by atoms with Crippen molar-refractivity contribution in [2.45, 2.75) is 26.8 Å². The Balaban J connectivity index is 1.59. The van der Waals surface area contributed by atoms with E-state index in [-0.39, 0.29) is 18.3 Å². The third kappa shape index (κ3) is 3.76. The van der Waals surface area contributed by atoms with E-state index in [1.807, 2.05) is 12.1 Å². The monoisotopic (exact) mass is 338 g/mol. The van der Waals surface area contributed by atoms with Gasteiger partial charge in [-0.05, 0) is 48.7 Å². The zero-order valence-corrected chi connectivity index (χ0v) is 14.4. The van der Waals surface area contributed by atoms with Crippen LogP contribution in [0.25, 0.3) is 10.9 Å². The van der Waals surface area contributed by atoms with Gasteiger partial charge in [0.25, 0.3) is 5.91 Å². The van der Waals surface area contributed by atoms with Gasteiger partial charge in [0, 0.05) is 23.1 Å². The number of aromatic nitrogens is 1. The molecule has 0 saturated heterocycles. The van der Waals surface area contributed by atoms with E-state index in [2.05, 4.69) is 30.2 Å². The molecule has 1 heterocycles. The van der Waals surface area contributed by atoms with Crippen molar-refractivity contribution in [2.24, 2.45) is 0 Å². The molecular formula is C20H22N2O3. The summed E-state index contributed by atoms with van der Waals surface area (Å²) in [6.45, 7) is 4.54. The number of benzene rings is 2. The van der Waals surface area contributed by atoms with Crippen LogP contribution in [0, 0.1) is 6.92 Å². The third-order valence-electron chi connectivity index (χ3n) is 4.29. The summed E-state index contributed by atoms with van der Waals surface area (Å²) < 4.78 is 5.33. The number of rotatable bonds is 6. The molecule has 1 amide bonds. The smallest absolute Gasteiger partial charge is 0.258 e. The van der Waals surface area contributed by atoms with E-state index in [1.165, 1.54) is 22.7 Å². The Bertz CT molecular complexity index is 899. The maximum absolute atomic E-state index is 12.0. The summed E-state index contributed by atoms with van der Waals surface area (Å²) >= 11 is 0. The van der Waals surface area contributed by atoms with E-state index >= 15 is 0 Å². The summed E-state index contributed by atoms with van der Waals surface area (Å²) in [5.41, 5.74) is 4.65. The van der Waals surface area contributed by atoms with Gasteiger partial charge in [-0.3, -0.25) is 4.79 Å². The number of aromatic amines is 1. The fourth-order valence-electron chi connectivity index (χ4n) is 2.87. The first-order chi connectivity index (χ1) is 12.1. The fourth-order valence-corrected chi connectivity index (χ4v) is 2.87. The second-order valence-corrected chi connectivity index (χ2v) is 6.00. The number of phenols is 1. The van der Waals surface area contributed by atoms with Crippen molar-refractivity contribution in [3.8, 4) is 11.5 Å². The molecule has 25 heavy (non-hydrogen) atoms. The van der Waals surface area contributed by atoms with Gasteiger partial charge < -0.3 is 20.1 Å². The lowest BCUT2D eigenvalue weighted by molar-refractivity contribution is -0.123. The van der Waals surface area contributed by atoms with Crippen LogP contribution in [0.5, 0.6) is 11.5 Å². The van der Waals surface area contributed by atoms with Gasteiger partial charge >= 0.3 is 0 Å². The molecule has 0 bridgehead atoms. The zero-order chi connectivity index (χ0) is 17.8. The molecule has 0 unspecified atom stereocenters. The molecule has 2 aromatic carbocycles. The topological polar surface area (TPSA) is 74.4 Å². The number of carbonyl (C=O) groups is 1. The number of nitrogens with one attached hydrogen (secondary N) is 2. The number of amides is 1. The quantitative estimate of drug-likeness (QED) is 0.644. The van der Waals surface area contributed by atoms with Gasteiger partial charge in [-0.2, -0.15) is 0 Å². The summed E-state index contributed by atoms with van der Waals surface area (Å²) in [5.74, 6) is 0.0907. The number of phenolic OH excluding ortho intramolecular Hbond substituents is 1. The molecule has 0 atom stereocenters. The van der Waals surface area contributed by atoms with Gasteiger partial charge in [-0.1, -0.05) is 25.1 Å². The molecule has 3 rings (SSSR count). The van der Waals surface area contributed by atoms with Crippen molar-refractivity contribution in [1.82, 2.24) is 10.3 Å². The Hall–Kier alpha value is -2.95. The molecular weight excluding hydrogens is 316 g/mol. The largest absolute Gasteiger partial charge is 0.504 e. The van der Waals surface area contributed by atoms with Crippen molar-refractivity contribution >= 4 is 16.8 Å². The van der Waals surface area contributed by atoms with Crippen LogP contribution in [0.4, 0.5) is 0 Å². The number of H-pyrrole nitrogens is 1. The van der Waals surface area contributed by atoms with Crippen LogP contribution in [0.2, 0.25) is 0 Å². The predicted octanol–water partition coefficient (Wildman–Crippen LogP) is 3.44. The zero-order valence-electron chi connectivity index (χ0n) is 14.4. The van der Waals surface area contributed by atoms with Crippen LogP contribution >= 0.6 is 0 Å². The molecule has 0 saturated carbocycles. The van der Waals surface area contributed by atoms with E-state index < -0.39 is 0 Å². The number of fused-ring (bicyclic) bond motifs is 1. The molecule has 0 fully saturated rings. The van der Waals surface area contributed by atoms with E-state index in [9.17, 15) is 9.90 Å². The minimum absolute atomic E-state index is 0.0235. The minimum atomic E-state index is -0.233. The predicted molar refractivity (Wildman–Crippen MR) is 97.9 cm³/mol. The third-order valence-corrected chi connectivity index (χ3v) is 4.29. The Labute approximate surface area is 146 Å². The maximum Gasteiger partial charge on any atom is 0.258 e. The number of carbonyl (C=O) groups excluding carboxylic acids is 1. The lowest BCUT2D eigenvalue weighted by Crippen LogP contribution is -2.28. The molecule has 1 aromatic heterocycles. The van der Waals surface area contributed by atoms with Crippen molar-refractivity contribution in [3.63, 3.8) is 0 Å². The van der Waals surface area contributed by atoms with E-state index in [0.29, 0.717) is 12.3 Å². The van der Waals surface area contributed by atoms with Crippen molar-refractivity contribution < 1.29 is 14.6 Å². The average molecular weight is 338 g/mol. The summed E-state index contributed by atoms with van der Waals surface area (Å²) in [6.07, 6.45) is 0.969. The molecule has 130 valence electrons. The average Bonchev–Trinajstić information content (AvgIpc) is 2.95. The van der Waals surface area contributed by atoms with E-state index in [0.717, 1.165) is 17.5 Å². The molecule has 3 N–H and O–H groups in total. The summed E-state index contributed by atoms with van der Waals surface area (Å²) in [5, 5.41) is 13.6. The Morgan fingerprint density at radius 1 is 1.24 bits per heavy atom. The number of para-hydroxylation sites is 2. The molecule has 0 spiro atoms. The first-order valence-corrected chi connectivity index (χ1v) is 8.36. The Kier molecular flexibility index (Phi) is 4.93. The highest BCUT2D eigenvalue weighted by atomic mass is 16.5. The molecule has 0 aliphatic heterocycles. The van der Waals surface area contributed by atoms with Crippen LogP contribution in [-0.4, -0.2) is 22.6 Å². The van der Waals surface area contributed by atoms with Crippen LogP contribution in [0.15, 0.2) is 42.5 Å². The molecule has 0 aliphatic rings. The number of aromatic hydroxyl groups is 1. The second kappa shape index (κ2) is 7.30. The number of ether oxygens (including phenoxy) is 1. The van der Waals surface area contributed by atoms with Crippen molar-refractivity contribution in [2.75, 3.05) is 6.61 Å². The summed E-state index contributed by atoms with van der Waals surface area (Å²) in [7, 11) is 0. The Morgan fingerprint density at radius 3 is 2.80 bits per heavy atom. The lowest BCUT2D eigenvalue weighted by atomic mass is 10.1. The number of hydrogen-bond acceptors (Lipinski definition) is 3. The van der Waals surface area contributed by atoms with Crippen LogP contribution in [0.3, 0.4) is 0 Å². The number of aryl methyl sites for hydroxylation is 2. The van der Waals surface area contributed by atoms with Crippen molar-refractivity contribution in [1.29, 1.82) is 0 Å². The van der Waals surface area contributed by atoms with Crippen LogP contribution in [0.1, 0.15) is 23.7 Å². The van der Waals surface area contributed by atoms with Gasteiger partial charge in [0.1, 0.15) is 0 Å². The molecule has 0 aliphatic carbocycles. The van der Waals surface area contributed by atoms with Crippen molar-refractivity contribution in [3.05, 3.63) is 59.3 Å². The minimum Gasteiger partial charge on any atom is -0.504 e. The lowest BCUT2D eigenvalue weighted by Gasteiger charge is -2.09. The summed E-state index contributed by atoms with van der Waals surface area (Å²) in [6, 6.07) is 12.7. The first-order valence-electron chi connectivity index (χ1n) is 8.36.